The molecule has 7 heteroatoms. The first-order valence-corrected chi connectivity index (χ1v) is 8.91. The fourth-order valence-corrected chi connectivity index (χ4v) is 1.67. The molecule has 0 atom stereocenters. The summed E-state index contributed by atoms with van der Waals surface area (Å²) in [5, 5.41) is 28.5. The Kier molecular flexibility index (Phi) is 35.2. The van der Waals surface area contributed by atoms with Crippen LogP contribution in [0.2, 0.25) is 0 Å². The van der Waals surface area contributed by atoms with E-state index >= 15 is 0 Å². The van der Waals surface area contributed by atoms with Gasteiger partial charge in [0, 0.05) is 17.9 Å². The van der Waals surface area contributed by atoms with Crippen molar-refractivity contribution in [3.63, 3.8) is 0 Å². The van der Waals surface area contributed by atoms with Crippen molar-refractivity contribution in [2.24, 2.45) is 0 Å². The van der Waals surface area contributed by atoms with Crippen molar-refractivity contribution in [2.75, 3.05) is 0 Å². The van der Waals surface area contributed by atoms with Gasteiger partial charge in [-0.3, -0.25) is 0 Å². The molecule has 25 heavy (non-hydrogen) atoms. The van der Waals surface area contributed by atoms with E-state index in [1.165, 1.54) is 38.5 Å². The summed E-state index contributed by atoms with van der Waals surface area (Å²) < 4.78 is 0. The van der Waals surface area contributed by atoms with Crippen LogP contribution in [0.5, 0.6) is 0 Å². The average Bonchev–Trinajstić information content (AvgIpc) is 2.50. The predicted octanol–water partition coefficient (Wildman–Crippen LogP) is 0.947. The first-order valence-electron chi connectivity index (χ1n) is 8.91. The normalized spacial score (nSPS) is 11.6. The van der Waals surface area contributed by atoms with Crippen molar-refractivity contribution in [2.45, 2.75) is 97.8 Å². The molecule has 0 aromatic rings. The maximum Gasteiger partial charge on any atom is 3.00 e. The van der Waals surface area contributed by atoms with Crippen LogP contribution in [-0.4, -0.2) is 17.9 Å². The van der Waals surface area contributed by atoms with E-state index in [0.717, 1.165) is 0 Å². The maximum absolute atomic E-state index is 9.49. The van der Waals surface area contributed by atoms with Gasteiger partial charge in [0.25, 0.3) is 0 Å². The van der Waals surface area contributed by atoms with Gasteiger partial charge < -0.3 is 29.7 Å². The molecular weight excluding hydrogens is 368 g/mol. The monoisotopic (exact) mass is 401 g/mol. The summed E-state index contributed by atoms with van der Waals surface area (Å²) in [5.41, 5.74) is 0. The third kappa shape index (κ3) is 51.8. The Morgan fingerprint density at radius 1 is 0.560 bits per heavy atom. The topological polar surface area (TPSA) is 120 Å². The number of hydrogen-bond acceptors (Lipinski definition) is 6. The summed E-state index contributed by atoms with van der Waals surface area (Å²) in [4.78, 5) is 28.5. The Balaban J connectivity index is -0.000000116. The minimum Gasteiger partial charge on any atom is -0.550 e. The van der Waals surface area contributed by atoms with E-state index in [1.807, 2.05) is 0 Å². The molecule has 0 aromatic heterocycles. The SMILES string of the molecule is C1CCCCC1.CCCC(=O)[O-].CCCC(=O)[O-].CCCC(=O)[O-].[Fe+3]. The van der Waals surface area contributed by atoms with Crippen molar-refractivity contribution in [3.05, 3.63) is 0 Å². The molecule has 0 unspecified atom stereocenters. The molecule has 1 aliphatic rings. The fraction of sp³-hybridized carbons (Fsp3) is 0.833. The van der Waals surface area contributed by atoms with Gasteiger partial charge in [-0.2, -0.15) is 0 Å². The molecule has 1 aliphatic carbocycles. The molecule has 1 rings (SSSR count). The molecule has 1 fully saturated rings. The maximum atomic E-state index is 9.49. The van der Waals surface area contributed by atoms with Crippen molar-refractivity contribution < 1.29 is 46.8 Å². The third-order valence-electron chi connectivity index (χ3n) is 2.86. The van der Waals surface area contributed by atoms with Crippen LogP contribution >= 0.6 is 0 Å². The quantitative estimate of drug-likeness (QED) is 0.611. The van der Waals surface area contributed by atoms with Crippen LogP contribution in [0, 0.1) is 0 Å². The molecule has 149 valence electrons. The number of carbonyl (C=O) groups excluding carboxylic acids is 3. The fourth-order valence-electron chi connectivity index (χ4n) is 1.67. The number of carboxylic acids is 3. The summed E-state index contributed by atoms with van der Waals surface area (Å²) in [7, 11) is 0. The van der Waals surface area contributed by atoms with Crippen LogP contribution in [0.1, 0.15) is 97.8 Å². The molecule has 0 amide bonds. The van der Waals surface area contributed by atoms with Gasteiger partial charge in [0.05, 0.1) is 0 Å². The Morgan fingerprint density at radius 2 is 0.720 bits per heavy atom. The smallest absolute Gasteiger partial charge is 0.550 e. The first-order chi connectivity index (χ1) is 11.3. The molecule has 1 saturated carbocycles. The molecule has 0 aliphatic heterocycles. The van der Waals surface area contributed by atoms with E-state index in [9.17, 15) is 29.7 Å². The number of rotatable bonds is 6. The molecule has 1 radical (unpaired) electrons. The van der Waals surface area contributed by atoms with Gasteiger partial charge in [-0.15, -0.1) is 0 Å². The van der Waals surface area contributed by atoms with Gasteiger partial charge in [0.15, 0.2) is 0 Å². The summed E-state index contributed by atoms with van der Waals surface area (Å²) in [6.45, 7) is 5.40. The van der Waals surface area contributed by atoms with Gasteiger partial charge in [-0.25, -0.2) is 0 Å². The standard InChI is InChI=1S/C6H12.3C4H8O2.Fe/c1-2-4-6-5-3-1;3*1-2-3-4(5)6;/h1-6H2;3*2-3H2,1H3,(H,5,6);/q;;;;+3/p-3. The van der Waals surface area contributed by atoms with Gasteiger partial charge in [-0.1, -0.05) is 78.6 Å². The van der Waals surface area contributed by atoms with Gasteiger partial charge in [0.2, 0.25) is 0 Å². The molecule has 0 spiro atoms. The third-order valence-corrected chi connectivity index (χ3v) is 2.86. The number of aliphatic carboxylic acids is 3. The van der Waals surface area contributed by atoms with Crippen LogP contribution in [0.25, 0.3) is 0 Å². The van der Waals surface area contributed by atoms with Crippen LogP contribution in [0.4, 0.5) is 0 Å². The van der Waals surface area contributed by atoms with Crippen LogP contribution in [0.15, 0.2) is 0 Å². The molecular formula is C18H33FeO6. The van der Waals surface area contributed by atoms with Crippen LogP contribution in [0.3, 0.4) is 0 Å². The summed E-state index contributed by atoms with van der Waals surface area (Å²) >= 11 is 0. The van der Waals surface area contributed by atoms with Crippen molar-refractivity contribution in [1.29, 1.82) is 0 Å². The minimum atomic E-state index is -0.961. The van der Waals surface area contributed by atoms with E-state index in [0.29, 0.717) is 19.3 Å². The Hall–Kier alpha value is -1.07. The van der Waals surface area contributed by atoms with Crippen LogP contribution < -0.4 is 15.3 Å². The molecule has 0 N–H and O–H groups in total. The minimum absolute atomic E-state index is 0. The van der Waals surface area contributed by atoms with E-state index < -0.39 is 17.9 Å². The predicted molar refractivity (Wildman–Crippen MR) is 87.4 cm³/mol. The van der Waals surface area contributed by atoms with Crippen molar-refractivity contribution >= 4 is 17.9 Å². The molecule has 0 aromatic carbocycles. The number of hydrogen-bond donors (Lipinski definition) is 0. The molecule has 0 bridgehead atoms. The van der Waals surface area contributed by atoms with E-state index in [4.69, 9.17) is 0 Å². The second kappa shape index (κ2) is 27.8. The zero-order valence-electron chi connectivity index (χ0n) is 15.8. The first kappa shape index (κ1) is 31.7. The van der Waals surface area contributed by atoms with Gasteiger partial charge in [0.1, 0.15) is 0 Å². The summed E-state index contributed by atoms with van der Waals surface area (Å²) in [6, 6.07) is 0. The molecule has 0 heterocycles. The second-order valence-corrected chi connectivity index (χ2v) is 5.49. The van der Waals surface area contributed by atoms with Gasteiger partial charge >= 0.3 is 17.1 Å². The zero-order chi connectivity index (χ0) is 19.2. The van der Waals surface area contributed by atoms with E-state index in [-0.39, 0.29) is 36.3 Å². The van der Waals surface area contributed by atoms with Gasteiger partial charge in [-0.05, 0) is 19.3 Å². The number of carboxylic acid groups (broad SMARTS) is 3. The molecule has 6 nitrogen and oxygen atoms in total. The zero-order valence-corrected chi connectivity index (χ0v) is 16.9. The second-order valence-electron chi connectivity index (χ2n) is 5.49. The number of carbonyl (C=O) groups is 3. The largest absolute Gasteiger partial charge is 3.00 e. The van der Waals surface area contributed by atoms with Crippen molar-refractivity contribution in [1.82, 2.24) is 0 Å². The Bertz CT molecular complexity index is 254. The van der Waals surface area contributed by atoms with E-state index in [1.54, 1.807) is 20.8 Å². The average molecular weight is 401 g/mol. The Morgan fingerprint density at radius 3 is 0.760 bits per heavy atom. The Labute approximate surface area is 162 Å². The van der Waals surface area contributed by atoms with Crippen molar-refractivity contribution in [3.8, 4) is 0 Å². The van der Waals surface area contributed by atoms with E-state index in [2.05, 4.69) is 0 Å². The summed E-state index contributed by atoms with van der Waals surface area (Å²) in [5.74, 6) is -2.88. The summed E-state index contributed by atoms with van der Waals surface area (Å²) in [6.07, 6.45) is 11.5. The molecule has 0 saturated heterocycles. The van der Waals surface area contributed by atoms with Crippen LogP contribution in [-0.2, 0) is 31.5 Å².